The number of cyclic esters (lactones) is 10. The molecule has 2 aliphatic rings. The summed E-state index contributed by atoms with van der Waals surface area (Å²) in [5.41, 5.74) is 0.632. The summed E-state index contributed by atoms with van der Waals surface area (Å²) in [6.45, 7) is 13.5. The van der Waals surface area contributed by atoms with E-state index >= 15 is 0 Å². The predicted octanol–water partition coefficient (Wildman–Crippen LogP) is -0.451. The van der Waals surface area contributed by atoms with Crippen molar-refractivity contribution in [1.82, 2.24) is 10.6 Å². The van der Waals surface area contributed by atoms with Gasteiger partial charge in [0.2, 0.25) is 6.10 Å². The first-order valence-corrected chi connectivity index (χ1v) is 20.4. The van der Waals surface area contributed by atoms with E-state index in [1.807, 2.05) is 0 Å². The van der Waals surface area contributed by atoms with Gasteiger partial charge in [-0.2, -0.15) is 0 Å². The molecule has 24 heteroatoms. The standard InChI is InChI=1S/C24H29NO11.C18H25NO11/c1-12-20(27)36-18(11-17-9-7-6-8-10-17)24(31)35-16(5)23(30)34-15(4)22(29)33-14(3)21(28)32-13(2)19(26)25-12;1-7-14(21)27-9(3)16(23)29-11(5)18(25)30-12(6)17(24)28-10(4)15(22)26-8(2)13(20)19-7/h6-10,12-16,18H,11H2,1-5H3,(H,25,26);7-12H,1-6H3,(H,19,20)/t12-,13-,14-,15-,16-,18-;7-,8-,9-,10-,11-,12-/m00/s1. The lowest BCUT2D eigenvalue weighted by atomic mass is 10.1. The van der Waals surface area contributed by atoms with Gasteiger partial charge in [-0.1, -0.05) is 30.3 Å². The third-order valence-electron chi connectivity index (χ3n) is 8.91. The van der Waals surface area contributed by atoms with Crippen LogP contribution >= 0.6 is 0 Å². The maximum Gasteiger partial charge on any atom is 0.348 e. The van der Waals surface area contributed by atoms with E-state index in [2.05, 4.69) is 10.6 Å². The van der Waals surface area contributed by atoms with Gasteiger partial charge in [-0.05, 0) is 81.7 Å². The van der Waals surface area contributed by atoms with Crippen molar-refractivity contribution in [3.63, 3.8) is 0 Å². The van der Waals surface area contributed by atoms with Crippen molar-refractivity contribution in [3.8, 4) is 0 Å². The Labute approximate surface area is 378 Å². The first-order chi connectivity index (χ1) is 30.7. The van der Waals surface area contributed by atoms with Crippen molar-refractivity contribution < 1.29 is 105 Å². The number of benzene rings is 1. The zero-order chi connectivity index (χ0) is 50.2. The van der Waals surface area contributed by atoms with Crippen LogP contribution in [0, 0.1) is 0 Å². The predicted molar refractivity (Wildman–Crippen MR) is 215 cm³/mol. The van der Waals surface area contributed by atoms with Crippen LogP contribution in [0.25, 0.3) is 0 Å². The van der Waals surface area contributed by atoms with Crippen molar-refractivity contribution in [2.45, 2.75) is 156 Å². The van der Waals surface area contributed by atoms with Crippen LogP contribution in [0.1, 0.15) is 81.7 Å². The SMILES string of the molecule is C[C@@H]1NC(=O)[C@H](C)OC(=O)[C@H](C)OC(=O)[C@H](C)OC(=O)[C@H](C)OC(=O)[C@H](C)OC1=O.C[C@@H]1NC(=O)[C@H](C)OC(=O)[C@H](C)OC(=O)[C@H](C)OC(=O)[C@H](C)OC(=O)[C@H](Cc2ccccc2)OC1=O. The van der Waals surface area contributed by atoms with E-state index in [9.17, 15) is 57.5 Å². The second-order valence-electron chi connectivity index (χ2n) is 14.8. The topological polar surface area (TPSA) is 321 Å². The van der Waals surface area contributed by atoms with Crippen LogP contribution in [0.5, 0.6) is 0 Å². The summed E-state index contributed by atoms with van der Waals surface area (Å²) in [6.07, 6.45) is -14.2. The Balaban J connectivity index is 0.000000462. The first-order valence-electron chi connectivity index (χ1n) is 20.4. The van der Waals surface area contributed by atoms with Crippen molar-refractivity contribution in [1.29, 1.82) is 0 Å². The van der Waals surface area contributed by atoms with Gasteiger partial charge >= 0.3 is 59.7 Å². The van der Waals surface area contributed by atoms with Crippen molar-refractivity contribution in [2.75, 3.05) is 0 Å². The van der Waals surface area contributed by atoms with Crippen LogP contribution in [0.15, 0.2) is 30.3 Å². The Kier molecular flexibility index (Phi) is 21.1. The van der Waals surface area contributed by atoms with E-state index in [0.29, 0.717) is 5.56 Å². The zero-order valence-electron chi connectivity index (χ0n) is 38.0. The zero-order valence-corrected chi connectivity index (χ0v) is 38.0. The minimum atomic E-state index is -1.47. The van der Waals surface area contributed by atoms with Gasteiger partial charge in [0.15, 0.2) is 54.9 Å². The molecule has 2 aliphatic heterocycles. The minimum absolute atomic E-state index is 0.0809. The second kappa shape index (κ2) is 25.4. The van der Waals surface area contributed by atoms with E-state index in [0.717, 1.165) is 0 Å². The fraction of sp³-hybridized carbons (Fsp3) is 0.571. The van der Waals surface area contributed by atoms with E-state index in [4.69, 9.17) is 47.4 Å². The Morgan fingerprint density at radius 3 is 0.864 bits per heavy atom. The third kappa shape index (κ3) is 17.4. The van der Waals surface area contributed by atoms with Crippen LogP contribution in [-0.4, -0.2) is 145 Å². The Hall–Kier alpha value is -7.14. The van der Waals surface area contributed by atoms with Gasteiger partial charge in [0.1, 0.15) is 12.1 Å². The highest BCUT2D eigenvalue weighted by Gasteiger charge is 2.36. The molecular weight excluding hydrogens is 884 g/mol. The fourth-order valence-electron chi connectivity index (χ4n) is 4.88. The average Bonchev–Trinajstić information content (AvgIpc) is 3.25. The molecule has 3 rings (SSSR count). The third-order valence-corrected chi connectivity index (χ3v) is 8.91. The minimum Gasteiger partial charge on any atom is -0.450 e. The summed E-state index contributed by atoms with van der Waals surface area (Å²) in [5.74, 6) is -12.0. The molecule has 24 nitrogen and oxygen atoms in total. The molecule has 0 bridgehead atoms. The Morgan fingerprint density at radius 2 is 0.561 bits per heavy atom. The van der Waals surface area contributed by atoms with Crippen LogP contribution in [-0.2, 0) is 111 Å². The van der Waals surface area contributed by atoms with Crippen LogP contribution < -0.4 is 10.6 Å². The summed E-state index contributed by atoms with van der Waals surface area (Å²) >= 11 is 0. The number of carbonyl (C=O) groups is 12. The normalized spacial score (nSPS) is 31.0. The van der Waals surface area contributed by atoms with Gasteiger partial charge in [0, 0.05) is 6.42 Å². The molecule has 2 fully saturated rings. The number of amides is 2. The van der Waals surface area contributed by atoms with Gasteiger partial charge in [-0.25, -0.2) is 47.9 Å². The molecule has 364 valence electrons. The number of esters is 10. The van der Waals surface area contributed by atoms with Gasteiger partial charge in [-0.3, -0.25) is 9.59 Å². The highest BCUT2D eigenvalue weighted by Crippen LogP contribution is 2.14. The maximum atomic E-state index is 12.8. The molecule has 0 saturated carbocycles. The molecular formula is C42H54N2O22. The molecule has 1 aromatic carbocycles. The molecule has 2 heterocycles. The molecule has 0 aromatic heterocycles. The van der Waals surface area contributed by atoms with Crippen molar-refractivity contribution in [2.24, 2.45) is 0 Å². The molecule has 0 spiro atoms. The average molecular weight is 939 g/mol. The van der Waals surface area contributed by atoms with Crippen LogP contribution in [0.2, 0.25) is 0 Å². The molecule has 66 heavy (non-hydrogen) atoms. The molecule has 1 aromatic rings. The largest absolute Gasteiger partial charge is 0.450 e. The summed E-state index contributed by atoms with van der Waals surface area (Å²) in [6, 6.07) is 6.16. The highest BCUT2D eigenvalue weighted by molar-refractivity contribution is 5.92. The number of rotatable bonds is 2. The quantitative estimate of drug-likeness (QED) is 0.280. The lowest BCUT2D eigenvalue weighted by Gasteiger charge is -2.24. The molecule has 12 atom stereocenters. The lowest BCUT2D eigenvalue weighted by Crippen LogP contribution is -2.47. The van der Waals surface area contributed by atoms with E-state index in [1.54, 1.807) is 30.3 Å². The van der Waals surface area contributed by atoms with Crippen molar-refractivity contribution in [3.05, 3.63) is 35.9 Å². The van der Waals surface area contributed by atoms with Crippen LogP contribution in [0.3, 0.4) is 0 Å². The number of carbonyl (C=O) groups excluding carboxylic acids is 12. The fourth-order valence-corrected chi connectivity index (χ4v) is 4.88. The van der Waals surface area contributed by atoms with Gasteiger partial charge < -0.3 is 58.0 Å². The van der Waals surface area contributed by atoms with E-state index in [1.165, 1.54) is 76.2 Å². The number of nitrogens with one attached hydrogen (secondary N) is 2. The molecule has 0 aliphatic carbocycles. The number of hydrogen-bond acceptors (Lipinski definition) is 22. The van der Waals surface area contributed by atoms with Crippen molar-refractivity contribution >= 4 is 71.5 Å². The monoisotopic (exact) mass is 938 g/mol. The van der Waals surface area contributed by atoms with E-state index < -0.39 is 145 Å². The molecule has 0 unspecified atom stereocenters. The first kappa shape index (κ1) is 55.0. The number of ether oxygens (including phenoxy) is 10. The Morgan fingerprint density at radius 1 is 0.318 bits per heavy atom. The smallest absolute Gasteiger partial charge is 0.348 e. The molecule has 2 saturated heterocycles. The lowest BCUT2D eigenvalue weighted by molar-refractivity contribution is -0.187. The summed E-state index contributed by atoms with van der Waals surface area (Å²) in [5, 5.41) is 4.59. The second-order valence-corrected chi connectivity index (χ2v) is 14.8. The summed E-state index contributed by atoms with van der Waals surface area (Å²) in [4.78, 5) is 147. The summed E-state index contributed by atoms with van der Waals surface area (Å²) in [7, 11) is 0. The van der Waals surface area contributed by atoms with Gasteiger partial charge in [0.25, 0.3) is 11.8 Å². The summed E-state index contributed by atoms with van der Waals surface area (Å²) < 4.78 is 49.7. The van der Waals surface area contributed by atoms with Gasteiger partial charge in [0.05, 0.1) is 0 Å². The van der Waals surface area contributed by atoms with Crippen LogP contribution in [0.4, 0.5) is 0 Å². The highest BCUT2D eigenvalue weighted by atomic mass is 16.7. The maximum absolute atomic E-state index is 12.8. The molecule has 0 radical (unpaired) electrons. The number of hydrogen-bond donors (Lipinski definition) is 2. The molecule has 2 amide bonds. The Bertz CT molecular complexity index is 1830. The van der Waals surface area contributed by atoms with Gasteiger partial charge in [-0.15, -0.1) is 0 Å². The van der Waals surface area contributed by atoms with E-state index in [-0.39, 0.29) is 6.42 Å². The molecule has 2 N–H and O–H groups in total.